The quantitative estimate of drug-likeness (QED) is 0.330. The number of nitrogens with zero attached hydrogens (tertiary/aromatic N) is 2. The number of hydrogen-bond acceptors (Lipinski definition) is 2. The molecule has 26 heavy (non-hydrogen) atoms. The van der Waals surface area contributed by atoms with Gasteiger partial charge in [-0.05, 0) is 56.1 Å². The van der Waals surface area contributed by atoms with Gasteiger partial charge in [-0.3, -0.25) is 9.89 Å². The van der Waals surface area contributed by atoms with Crippen LogP contribution < -0.4 is 10.6 Å². The van der Waals surface area contributed by atoms with Gasteiger partial charge in [-0.25, -0.2) is 0 Å². The van der Waals surface area contributed by atoms with Crippen LogP contribution in [0.15, 0.2) is 29.4 Å². The number of likely N-dealkylation sites (tertiary alicyclic amines) is 1. The van der Waals surface area contributed by atoms with Gasteiger partial charge in [0.05, 0.1) is 0 Å². The second-order valence-electron chi connectivity index (χ2n) is 6.56. The van der Waals surface area contributed by atoms with Crippen LogP contribution >= 0.6 is 35.6 Å². The number of aromatic nitrogens is 1. The molecule has 0 aliphatic carbocycles. The van der Waals surface area contributed by atoms with Crippen LogP contribution in [0, 0.1) is 0 Å². The van der Waals surface area contributed by atoms with E-state index < -0.39 is 0 Å². The summed E-state index contributed by atoms with van der Waals surface area (Å²) < 4.78 is 0. The van der Waals surface area contributed by atoms with Gasteiger partial charge in [0, 0.05) is 48.3 Å². The minimum Gasteiger partial charge on any atom is -0.361 e. The zero-order valence-corrected chi connectivity index (χ0v) is 18.6. The Balaban J connectivity index is 0.00000243. The first-order valence-corrected chi connectivity index (χ1v) is 9.53. The number of halogens is 2. The fourth-order valence-corrected chi connectivity index (χ4v) is 3.82. The van der Waals surface area contributed by atoms with Crippen molar-refractivity contribution in [2.24, 2.45) is 4.99 Å². The molecule has 3 N–H and O–H groups in total. The summed E-state index contributed by atoms with van der Waals surface area (Å²) in [6.07, 6.45) is 5.56. The monoisotopic (exact) mass is 489 g/mol. The average molecular weight is 490 g/mol. The first-order valence-electron chi connectivity index (χ1n) is 9.15. The summed E-state index contributed by atoms with van der Waals surface area (Å²) in [5.74, 6) is 0.876. The molecule has 0 bridgehead atoms. The minimum atomic E-state index is 0. The predicted molar refractivity (Wildman–Crippen MR) is 122 cm³/mol. The number of aromatic amines is 1. The van der Waals surface area contributed by atoms with Gasteiger partial charge in [0.1, 0.15) is 0 Å². The van der Waals surface area contributed by atoms with Crippen LogP contribution in [0.5, 0.6) is 0 Å². The number of fused-ring (bicyclic) bond motifs is 1. The third kappa shape index (κ3) is 5.27. The van der Waals surface area contributed by atoms with Crippen LogP contribution in [-0.2, 0) is 6.42 Å². The topological polar surface area (TPSA) is 55.4 Å². The van der Waals surface area contributed by atoms with E-state index in [0.29, 0.717) is 6.04 Å². The van der Waals surface area contributed by atoms with Gasteiger partial charge >= 0.3 is 0 Å². The Morgan fingerprint density at radius 1 is 1.38 bits per heavy atom. The Morgan fingerprint density at radius 2 is 2.23 bits per heavy atom. The number of H-pyrrole nitrogens is 1. The number of rotatable bonds is 6. The summed E-state index contributed by atoms with van der Waals surface area (Å²) in [6, 6.07) is 6.58. The maximum atomic E-state index is 6.12. The fraction of sp³-hybridized carbons (Fsp3) is 0.526. The molecule has 144 valence electrons. The van der Waals surface area contributed by atoms with Gasteiger partial charge in [0.25, 0.3) is 0 Å². The summed E-state index contributed by atoms with van der Waals surface area (Å²) in [7, 11) is 1.83. The first-order chi connectivity index (χ1) is 12.2. The molecule has 3 rings (SSSR count). The molecule has 0 radical (unpaired) electrons. The van der Waals surface area contributed by atoms with Crippen molar-refractivity contribution in [2.45, 2.75) is 32.2 Å². The van der Waals surface area contributed by atoms with E-state index in [-0.39, 0.29) is 24.0 Å². The normalized spacial score (nSPS) is 18.1. The second kappa shape index (κ2) is 10.4. The van der Waals surface area contributed by atoms with Gasteiger partial charge in [-0.2, -0.15) is 0 Å². The predicted octanol–water partition coefficient (Wildman–Crippen LogP) is 3.63. The molecule has 2 aromatic rings. The van der Waals surface area contributed by atoms with Gasteiger partial charge in [-0.1, -0.05) is 18.5 Å². The maximum absolute atomic E-state index is 6.12. The molecule has 1 aromatic heterocycles. The molecule has 1 aliphatic rings. The molecule has 0 amide bonds. The van der Waals surface area contributed by atoms with E-state index in [1.54, 1.807) is 0 Å². The van der Waals surface area contributed by atoms with Crippen molar-refractivity contribution in [1.29, 1.82) is 0 Å². The van der Waals surface area contributed by atoms with E-state index in [1.165, 1.54) is 30.3 Å². The number of benzene rings is 1. The van der Waals surface area contributed by atoms with E-state index >= 15 is 0 Å². The number of guanidine groups is 1. The number of hydrogen-bond donors (Lipinski definition) is 3. The molecule has 5 nitrogen and oxygen atoms in total. The largest absolute Gasteiger partial charge is 0.361 e. The second-order valence-corrected chi connectivity index (χ2v) is 6.99. The molecule has 1 atom stereocenters. The molecular weight excluding hydrogens is 461 g/mol. The van der Waals surface area contributed by atoms with Crippen LogP contribution in [0.25, 0.3) is 10.9 Å². The first kappa shape index (κ1) is 21.3. The van der Waals surface area contributed by atoms with Crippen molar-refractivity contribution in [1.82, 2.24) is 20.5 Å². The fourth-order valence-electron chi connectivity index (χ4n) is 3.65. The highest BCUT2D eigenvalue weighted by atomic mass is 127. The van der Waals surface area contributed by atoms with Crippen molar-refractivity contribution in [3.8, 4) is 0 Å². The summed E-state index contributed by atoms with van der Waals surface area (Å²) in [5.41, 5.74) is 2.40. The zero-order valence-electron chi connectivity index (χ0n) is 15.5. The Hall–Kier alpha value is -0.990. The lowest BCUT2D eigenvalue weighted by Gasteiger charge is -2.23. The molecule has 2 heterocycles. The third-order valence-electron chi connectivity index (χ3n) is 5.05. The van der Waals surface area contributed by atoms with Crippen LogP contribution in [-0.4, -0.2) is 55.1 Å². The lowest BCUT2D eigenvalue weighted by atomic mass is 10.1. The molecule has 1 aromatic carbocycles. The lowest BCUT2D eigenvalue weighted by Crippen LogP contribution is -2.45. The van der Waals surface area contributed by atoms with Gasteiger partial charge in [-0.15, -0.1) is 24.0 Å². The standard InChI is InChI=1S/C19H28ClN5.HI/c1-3-25-10-4-5-16(25)13-24-19(21-2)22-9-8-14-12-23-18-7-6-15(20)11-17(14)18;/h6-7,11-12,16,23H,3-5,8-10,13H2,1-2H3,(H2,21,22,24);1H. The summed E-state index contributed by atoms with van der Waals surface area (Å²) >= 11 is 6.12. The molecule has 1 aliphatic heterocycles. The van der Waals surface area contributed by atoms with Crippen molar-refractivity contribution in [3.05, 3.63) is 35.0 Å². The molecule has 1 saturated heterocycles. The van der Waals surface area contributed by atoms with Crippen molar-refractivity contribution in [2.75, 3.05) is 33.2 Å². The number of aliphatic imine (C=N–C) groups is 1. The van der Waals surface area contributed by atoms with Crippen LogP contribution in [0.1, 0.15) is 25.3 Å². The highest BCUT2D eigenvalue weighted by Gasteiger charge is 2.22. The average Bonchev–Trinajstić information content (AvgIpc) is 3.24. The van der Waals surface area contributed by atoms with Gasteiger partial charge in [0.15, 0.2) is 5.96 Å². The summed E-state index contributed by atoms with van der Waals surface area (Å²) in [6.45, 7) is 6.37. The SMILES string of the molecule is CCN1CCCC1CNC(=NC)NCCc1c[nH]c2ccc(Cl)cc12.I. The Labute approximate surface area is 178 Å². The Bertz CT molecular complexity index is 730. The summed E-state index contributed by atoms with van der Waals surface area (Å²) in [4.78, 5) is 10.2. The molecule has 0 saturated carbocycles. The highest BCUT2D eigenvalue weighted by Crippen LogP contribution is 2.22. The lowest BCUT2D eigenvalue weighted by molar-refractivity contribution is 0.267. The molecule has 7 heteroatoms. The van der Waals surface area contributed by atoms with E-state index in [4.69, 9.17) is 11.6 Å². The van der Waals surface area contributed by atoms with E-state index in [2.05, 4.69) is 38.6 Å². The third-order valence-corrected chi connectivity index (χ3v) is 5.29. The minimum absolute atomic E-state index is 0. The number of nitrogens with one attached hydrogen (secondary N) is 3. The van der Waals surface area contributed by atoms with Crippen molar-refractivity contribution in [3.63, 3.8) is 0 Å². The molecule has 0 spiro atoms. The zero-order chi connectivity index (χ0) is 17.6. The Morgan fingerprint density at radius 3 is 3.00 bits per heavy atom. The molecule has 1 fully saturated rings. The van der Waals surface area contributed by atoms with E-state index in [9.17, 15) is 0 Å². The smallest absolute Gasteiger partial charge is 0.191 e. The van der Waals surface area contributed by atoms with Crippen molar-refractivity contribution >= 4 is 52.4 Å². The molecular formula is C19H29ClIN5. The van der Waals surface area contributed by atoms with Crippen LogP contribution in [0.2, 0.25) is 5.02 Å². The van der Waals surface area contributed by atoms with E-state index in [1.807, 2.05) is 25.2 Å². The maximum Gasteiger partial charge on any atom is 0.191 e. The van der Waals surface area contributed by atoms with E-state index in [0.717, 1.165) is 42.6 Å². The van der Waals surface area contributed by atoms with Crippen LogP contribution in [0.4, 0.5) is 0 Å². The van der Waals surface area contributed by atoms with Gasteiger partial charge in [0.2, 0.25) is 0 Å². The van der Waals surface area contributed by atoms with Crippen LogP contribution in [0.3, 0.4) is 0 Å². The summed E-state index contributed by atoms with van der Waals surface area (Å²) in [5, 5.41) is 8.86. The van der Waals surface area contributed by atoms with Gasteiger partial charge < -0.3 is 15.6 Å². The highest BCUT2D eigenvalue weighted by molar-refractivity contribution is 14.0. The van der Waals surface area contributed by atoms with Crippen molar-refractivity contribution < 1.29 is 0 Å². The Kier molecular flexibility index (Phi) is 8.50. The number of likely N-dealkylation sites (N-methyl/N-ethyl adjacent to an activating group) is 1. The molecule has 1 unspecified atom stereocenters.